The molecule has 1 aromatic carbocycles. The third kappa shape index (κ3) is 3.37. The Labute approximate surface area is 178 Å². The number of hydrogen-bond acceptors (Lipinski definition) is 7. The molecule has 0 spiro atoms. The van der Waals surface area contributed by atoms with E-state index in [9.17, 15) is 9.18 Å². The summed E-state index contributed by atoms with van der Waals surface area (Å²) < 4.78 is 18.9. The molecule has 0 saturated carbocycles. The van der Waals surface area contributed by atoms with Gasteiger partial charge in [0.2, 0.25) is 5.95 Å². The number of benzene rings is 1. The van der Waals surface area contributed by atoms with Gasteiger partial charge in [-0.1, -0.05) is 0 Å². The van der Waals surface area contributed by atoms with Gasteiger partial charge in [-0.3, -0.25) is 4.79 Å². The van der Waals surface area contributed by atoms with E-state index >= 15 is 0 Å². The number of amides is 1. The zero-order valence-corrected chi connectivity index (χ0v) is 17.3. The summed E-state index contributed by atoms with van der Waals surface area (Å²) in [5.74, 6) is 1.01. The number of hydrogen-bond donors (Lipinski definition) is 0. The van der Waals surface area contributed by atoms with Gasteiger partial charge in [-0.15, -0.1) is 0 Å². The third-order valence-electron chi connectivity index (χ3n) is 6.07. The molecule has 2 saturated heterocycles. The summed E-state index contributed by atoms with van der Waals surface area (Å²) in [5, 5.41) is 8.35. The molecule has 2 aromatic heterocycles. The van der Waals surface area contributed by atoms with E-state index in [0.717, 1.165) is 13.0 Å². The lowest BCUT2D eigenvalue weighted by atomic mass is 9.81. The molecule has 3 aromatic rings. The fourth-order valence-electron chi connectivity index (χ4n) is 4.29. The second-order valence-electron chi connectivity index (χ2n) is 7.82. The molecule has 0 aliphatic carbocycles. The molecule has 2 aliphatic rings. The van der Waals surface area contributed by atoms with Crippen LogP contribution in [-0.2, 0) is 0 Å². The van der Waals surface area contributed by atoms with Crippen molar-refractivity contribution in [2.24, 2.45) is 5.92 Å². The highest BCUT2D eigenvalue weighted by Crippen LogP contribution is 2.36. The molecule has 2 fully saturated rings. The Morgan fingerprint density at radius 1 is 1.23 bits per heavy atom. The number of ether oxygens (including phenoxy) is 1. The predicted molar refractivity (Wildman–Crippen MR) is 110 cm³/mol. The topological polar surface area (TPSA) is 89.3 Å². The van der Waals surface area contributed by atoms with Crippen molar-refractivity contribution >= 4 is 11.9 Å². The van der Waals surface area contributed by atoms with Gasteiger partial charge < -0.3 is 14.5 Å². The molecular formula is C21H22FN7O2. The number of halogens is 1. The highest BCUT2D eigenvalue weighted by molar-refractivity contribution is 5.99. The minimum absolute atomic E-state index is 0.0415. The van der Waals surface area contributed by atoms with Gasteiger partial charge in [-0.05, 0) is 31.5 Å². The molecule has 0 radical (unpaired) electrons. The number of aromatic nitrogens is 5. The summed E-state index contributed by atoms with van der Waals surface area (Å²) in [7, 11) is 1.57. The van der Waals surface area contributed by atoms with Crippen LogP contribution in [0.15, 0.2) is 36.8 Å². The van der Waals surface area contributed by atoms with Gasteiger partial charge >= 0.3 is 0 Å². The molecule has 4 heterocycles. The van der Waals surface area contributed by atoms with Gasteiger partial charge in [0.25, 0.3) is 5.91 Å². The number of nitrogens with zero attached hydrogens (tertiary/aromatic N) is 7. The maximum Gasteiger partial charge on any atom is 0.256 e. The van der Waals surface area contributed by atoms with Gasteiger partial charge in [0.1, 0.15) is 5.75 Å². The second-order valence-corrected chi connectivity index (χ2v) is 7.82. The molecule has 2 atom stereocenters. The number of aryl methyl sites for hydroxylation is 1. The van der Waals surface area contributed by atoms with Crippen molar-refractivity contribution in [3.05, 3.63) is 53.9 Å². The Hall–Kier alpha value is -3.56. The van der Waals surface area contributed by atoms with Crippen molar-refractivity contribution < 1.29 is 13.9 Å². The van der Waals surface area contributed by atoms with E-state index in [-0.39, 0.29) is 11.9 Å². The summed E-state index contributed by atoms with van der Waals surface area (Å²) >= 11 is 0. The summed E-state index contributed by atoms with van der Waals surface area (Å²) in [6.45, 7) is 3.72. The van der Waals surface area contributed by atoms with Crippen LogP contribution in [0.2, 0.25) is 0 Å². The molecule has 0 N–H and O–H groups in total. The van der Waals surface area contributed by atoms with Gasteiger partial charge in [-0.25, -0.2) is 14.4 Å². The molecule has 160 valence electrons. The summed E-state index contributed by atoms with van der Waals surface area (Å²) in [6, 6.07) is 5.33. The van der Waals surface area contributed by atoms with Crippen LogP contribution in [-0.4, -0.2) is 68.6 Å². The molecule has 2 aliphatic heterocycles. The first kappa shape index (κ1) is 19.4. The van der Waals surface area contributed by atoms with E-state index in [0.29, 0.717) is 47.7 Å². The fourth-order valence-corrected chi connectivity index (χ4v) is 4.29. The highest BCUT2D eigenvalue weighted by atomic mass is 19.1. The third-order valence-corrected chi connectivity index (χ3v) is 6.07. The Kier molecular flexibility index (Phi) is 4.76. The van der Waals surface area contributed by atoms with Crippen LogP contribution in [0.5, 0.6) is 5.75 Å². The zero-order valence-electron chi connectivity index (χ0n) is 17.3. The Bertz CT molecular complexity index is 1120. The maximum absolute atomic E-state index is 13.6. The van der Waals surface area contributed by atoms with Crippen LogP contribution in [0, 0.1) is 18.7 Å². The summed E-state index contributed by atoms with van der Waals surface area (Å²) in [4.78, 5) is 27.3. The van der Waals surface area contributed by atoms with E-state index in [2.05, 4.69) is 20.2 Å². The quantitative estimate of drug-likeness (QED) is 0.633. The standard InChI is InChI=1S/C21H22FN7O2/c1-13-17(22)10-23-21(26-13)27-8-5-14-11-28(19(14)12-27)20(30)16-9-15(31-2)3-4-18(16)29-24-6-7-25-29/h3-4,6-7,9-10,14,19H,5,8,11-12H2,1-2H3. The number of piperidine rings is 1. The smallest absolute Gasteiger partial charge is 0.256 e. The van der Waals surface area contributed by atoms with E-state index in [1.807, 2.05) is 9.80 Å². The van der Waals surface area contributed by atoms with Crippen LogP contribution >= 0.6 is 0 Å². The van der Waals surface area contributed by atoms with Crippen molar-refractivity contribution in [1.82, 2.24) is 29.9 Å². The summed E-state index contributed by atoms with van der Waals surface area (Å²) in [5.41, 5.74) is 1.41. The minimum Gasteiger partial charge on any atom is -0.497 e. The van der Waals surface area contributed by atoms with Crippen LogP contribution < -0.4 is 9.64 Å². The molecular weight excluding hydrogens is 401 g/mol. The Morgan fingerprint density at radius 3 is 2.77 bits per heavy atom. The lowest BCUT2D eigenvalue weighted by molar-refractivity contribution is 0.00763. The highest BCUT2D eigenvalue weighted by Gasteiger charge is 2.46. The van der Waals surface area contributed by atoms with Crippen LogP contribution in [0.1, 0.15) is 22.5 Å². The molecule has 9 nitrogen and oxygen atoms in total. The largest absolute Gasteiger partial charge is 0.497 e. The summed E-state index contributed by atoms with van der Waals surface area (Å²) in [6.07, 6.45) is 5.27. The van der Waals surface area contributed by atoms with Crippen molar-refractivity contribution in [3.8, 4) is 11.4 Å². The average molecular weight is 423 g/mol. The van der Waals surface area contributed by atoms with Crippen molar-refractivity contribution in [1.29, 1.82) is 0 Å². The van der Waals surface area contributed by atoms with Gasteiger partial charge in [0, 0.05) is 25.6 Å². The minimum atomic E-state index is -0.420. The molecule has 31 heavy (non-hydrogen) atoms. The SMILES string of the molecule is COc1ccc(-n2nccn2)c(C(=O)N2CC3CCN(c4ncc(F)c(C)n4)CC32)c1. The maximum atomic E-state index is 13.6. The van der Waals surface area contributed by atoms with E-state index < -0.39 is 5.82 Å². The molecule has 5 rings (SSSR count). The second kappa shape index (κ2) is 7.60. The Balaban J connectivity index is 1.40. The van der Waals surface area contributed by atoms with E-state index in [4.69, 9.17) is 4.74 Å². The molecule has 1 amide bonds. The predicted octanol–water partition coefficient (Wildman–Crippen LogP) is 1.86. The van der Waals surface area contributed by atoms with Crippen LogP contribution in [0.3, 0.4) is 0 Å². The first-order valence-corrected chi connectivity index (χ1v) is 10.1. The monoisotopic (exact) mass is 423 g/mol. The van der Waals surface area contributed by atoms with Crippen molar-refractivity contribution in [3.63, 3.8) is 0 Å². The zero-order chi connectivity index (χ0) is 21.5. The number of carbonyl (C=O) groups is 1. The number of anilines is 1. The number of fused-ring (bicyclic) bond motifs is 1. The molecule has 2 unspecified atom stereocenters. The lowest BCUT2D eigenvalue weighted by Crippen LogP contribution is -2.66. The lowest BCUT2D eigenvalue weighted by Gasteiger charge is -2.53. The van der Waals surface area contributed by atoms with Crippen molar-refractivity contribution in [2.75, 3.05) is 31.6 Å². The van der Waals surface area contributed by atoms with E-state index in [1.165, 1.54) is 11.0 Å². The number of rotatable bonds is 4. The number of carbonyl (C=O) groups excluding carboxylic acids is 1. The average Bonchev–Trinajstić information content (AvgIpc) is 3.31. The van der Waals surface area contributed by atoms with Crippen LogP contribution in [0.25, 0.3) is 5.69 Å². The van der Waals surface area contributed by atoms with Gasteiger partial charge in [0.05, 0.1) is 48.7 Å². The first-order chi connectivity index (χ1) is 15.0. The first-order valence-electron chi connectivity index (χ1n) is 10.1. The number of likely N-dealkylation sites (tertiary alicyclic amines) is 1. The molecule has 10 heteroatoms. The normalized spacial score (nSPS) is 20.2. The van der Waals surface area contributed by atoms with Gasteiger partial charge in [-0.2, -0.15) is 15.0 Å². The van der Waals surface area contributed by atoms with Crippen molar-refractivity contribution in [2.45, 2.75) is 19.4 Å². The molecule has 0 bridgehead atoms. The van der Waals surface area contributed by atoms with Crippen LogP contribution in [0.4, 0.5) is 10.3 Å². The van der Waals surface area contributed by atoms with Gasteiger partial charge in [0.15, 0.2) is 5.82 Å². The fraction of sp³-hybridized carbons (Fsp3) is 0.381. The number of methoxy groups -OCH3 is 1. The Morgan fingerprint density at radius 2 is 2.03 bits per heavy atom. The van der Waals surface area contributed by atoms with E-state index in [1.54, 1.807) is 44.6 Å².